The van der Waals surface area contributed by atoms with Crippen molar-refractivity contribution in [3.8, 4) is 11.5 Å². The van der Waals surface area contributed by atoms with E-state index in [9.17, 15) is 0 Å². The molecular weight excluding hydrogens is 327 g/mol. The predicted molar refractivity (Wildman–Crippen MR) is 77.0 cm³/mol. The molecule has 0 aliphatic carbocycles. The molecule has 1 aliphatic rings. The van der Waals surface area contributed by atoms with Gasteiger partial charge in [0, 0.05) is 18.1 Å². The Hall–Kier alpha value is -2.10. The van der Waals surface area contributed by atoms with E-state index in [4.69, 9.17) is 28.5 Å². The lowest BCUT2D eigenvalue weighted by Gasteiger charge is -2.14. The number of ether oxygens (including phenoxy) is 1. The van der Waals surface area contributed by atoms with Crippen LogP contribution in [0.2, 0.25) is 0 Å². The molecule has 0 spiro atoms. The van der Waals surface area contributed by atoms with E-state index in [0.717, 1.165) is 35.3 Å². The summed E-state index contributed by atoms with van der Waals surface area (Å²) in [4.78, 5) is 33.8. The van der Waals surface area contributed by atoms with E-state index in [1.807, 2.05) is 6.20 Å². The average molecular weight is 340 g/mol. The molecule has 122 valence electrons. The molecule has 0 aromatic carbocycles. The minimum absolute atomic E-state index is 0.572. The number of rotatable bonds is 1. The second-order valence-corrected chi connectivity index (χ2v) is 5.76. The van der Waals surface area contributed by atoms with E-state index in [-0.39, 0.29) is 0 Å². The fourth-order valence-electron chi connectivity index (χ4n) is 2.23. The number of nitrogens with one attached hydrogen (secondary N) is 1. The first-order valence-corrected chi connectivity index (χ1v) is 8.11. The maximum Gasteiger partial charge on any atom is 0.466 e. The van der Waals surface area contributed by atoms with E-state index in [0.29, 0.717) is 18.1 Å². The maximum atomic E-state index is 8.88. The van der Waals surface area contributed by atoms with Crippen LogP contribution >= 0.6 is 7.82 Å². The molecule has 4 N–H and O–H groups in total. The molecule has 11 heteroatoms. The lowest BCUT2D eigenvalue weighted by Crippen LogP contribution is -2.11. The van der Waals surface area contributed by atoms with Crippen LogP contribution in [0.4, 0.5) is 0 Å². The molecule has 0 saturated heterocycles. The Kier molecular flexibility index (Phi) is 4.24. The Balaban J connectivity index is 0.000000276. The van der Waals surface area contributed by atoms with Crippen molar-refractivity contribution >= 4 is 18.9 Å². The highest BCUT2D eigenvalue weighted by atomic mass is 31.2. The number of hydrogen-bond donors (Lipinski definition) is 4. The first-order chi connectivity index (χ1) is 10.9. The van der Waals surface area contributed by atoms with Gasteiger partial charge in [0.2, 0.25) is 0 Å². The van der Waals surface area contributed by atoms with Crippen LogP contribution in [-0.2, 0) is 22.3 Å². The molecular formula is C12H13N4O6P. The number of aromatic amines is 1. The van der Waals surface area contributed by atoms with Gasteiger partial charge in [0.25, 0.3) is 0 Å². The number of fused-ring (bicyclic) bond motifs is 3. The van der Waals surface area contributed by atoms with Crippen molar-refractivity contribution < 1.29 is 28.5 Å². The third-order valence-electron chi connectivity index (χ3n) is 3.13. The summed E-state index contributed by atoms with van der Waals surface area (Å²) in [5.41, 5.74) is 4.66. The standard InChI is InChI=1S/C12H10N4O2.H3O4P/c1-3-17-6-7-8(1)13-5-10-11(7)15-12(14-10)9-2-4-18-16-9;1-5(2,3)4/h2,4-5H,1,3,6H2,(H,14,15);(H3,1,2,3,4). The number of pyridine rings is 1. The van der Waals surface area contributed by atoms with Gasteiger partial charge in [-0.2, -0.15) is 0 Å². The number of imidazole rings is 1. The van der Waals surface area contributed by atoms with Crippen LogP contribution in [0.15, 0.2) is 23.0 Å². The molecule has 0 amide bonds. The minimum atomic E-state index is -4.64. The smallest absolute Gasteiger partial charge is 0.376 e. The van der Waals surface area contributed by atoms with Crippen LogP contribution in [0.1, 0.15) is 11.3 Å². The van der Waals surface area contributed by atoms with Crippen LogP contribution in [0.5, 0.6) is 0 Å². The van der Waals surface area contributed by atoms with Gasteiger partial charge >= 0.3 is 7.82 Å². The van der Waals surface area contributed by atoms with Gasteiger partial charge in [0.05, 0.1) is 36.1 Å². The summed E-state index contributed by atoms with van der Waals surface area (Å²) in [6.45, 7) is 1.30. The lowest BCUT2D eigenvalue weighted by molar-refractivity contribution is 0.110. The lowest BCUT2D eigenvalue weighted by atomic mass is 10.1. The molecule has 4 heterocycles. The highest BCUT2D eigenvalue weighted by molar-refractivity contribution is 7.45. The van der Waals surface area contributed by atoms with Gasteiger partial charge in [0.1, 0.15) is 12.0 Å². The summed E-state index contributed by atoms with van der Waals surface area (Å²) < 4.78 is 19.2. The maximum absolute atomic E-state index is 8.88. The second-order valence-electron chi connectivity index (χ2n) is 4.73. The monoisotopic (exact) mass is 340 g/mol. The van der Waals surface area contributed by atoms with Gasteiger partial charge < -0.3 is 28.9 Å². The summed E-state index contributed by atoms with van der Waals surface area (Å²) in [5, 5.41) is 3.87. The number of hydrogen-bond acceptors (Lipinski definition) is 6. The molecule has 0 unspecified atom stereocenters. The molecule has 0 radical (unpaired) electrons. The van der Waals surface area contributed by atoms with Crippen LogP contribution < -0.4 is 0 Å². The molecule has 3 aromatic heterocycles. The average Bonchev–Trinajstić information content (AvgIpc) is 3.14. The molecule has 0 bridgehead atoms. The van der Waals surface area contributed by atoms with Gasteiger partial charge in [-0.25, -0.2) is 9.55 Å². The molecule has 0 fully saturated rings. The fraction of sp³-hybridized carbons (Fsp3) is 0.250. The van der Waals surface area contributed by atoms with Crippen molar-refractivity contribution in [2.75, 3.05) is 6.61 Å². The van der Waals surface area contributed by atoms with E-state index in [1.165, 1.54) is 6.26 Å². The second kappa shape index (κ2) is 6.19. The van der Waals surface area contributed by atoms with Crippen molar-refractivity contribution in [2.24, 2.45) is 0 Å². The Labute approximate surface area is 129 Å². The zero-order valence-electron chi connectivity index (χ0n) is 11.7. The zero-order chi connectivity index (χ0) is 16.4. The number of nitrogens with zero attached hydrogens (tertiary/aromatic N) is 3. The van der Waals surface area contributed by atoms with E-state index >= 15 is 0 Å². The Morgan fingerprint density at radius 1 is 1.30 bits per heavy atom. The van der Waals surface area contributed by atoms with E-state index in [2.05, 4.69) is 20.1 Å². The van der Waals surface area contributed by atoms with Gasteiger partial charge in [-0.3, -0.25) is 4.98 Å². The van der Waals surface area contributed by atoms with Gasteiger partial charge in [-0.1, -0.05) is 5.16 Å². The molecule has 10 nitrogen and oxygen atoms in total. The van der Waals surface area contributed by atoms with Crippen molar-refractivity contribution in [3.05, 3.63) is 29.8 Å². The predicted octanol–water partition coefficient (Wildman–Crippen LogP) is 0.757. The van der Waals surface area contributed by atoms with Crippen LogP contribution in [-0.4, -0.2) is 41.4 Å². The normalized spacial score (nSPS) is 14.2. The van der Waals surface area contributed by atoms with Crippen molar-refractivity contribution in [2.45, 2.75) is 13.0 Å². The number of phosphoric acid groups is 1. The number of H-pyrrole nitrogens is 1. The topological polar surface area (TPSA) is 155 Å². The fourth-order valence-corrected chi connectivity index (χ4v) is 2.23. The third kappa shape index (κ3) is 3.81. The van der Waals surface area contributed by atoms with Gasteiger partial charge in [0.15, 0.2) is 5.82 Å². The highest BCUT2D eigenvalue weighted by Crippen LogP contribution is 2.26. The van der Waals surface area contributed by atoms with Crippen LogP contribution in [0.3, 0.4) is 0 Å². The minimum Gasteiger partial charge on any atom is -0.376 e. The Morgan fingerprint density at radius 2 is 2.09 bits per heavy atom. The first kappa shape index (κ1) is 15.8. The zero-order valence-corrected chi connectivity index (χ0v) is 12.6. The summed E-state index contributed by atoms with van der Waals surface area (Å²) >= 11 is 0. The van der Waals surface area contributed by atoms with Gasteiger partial charge in [-0.05, 0) is 0 Å². The molecule has 0 atom stereocenters. The summed E-state index contributed by atoms with van der Waals surface area (Å²) in [6.07, 6.45) is 4.19. The van der Waals surface area contributed by atoms with Gasteiger partial charge in [-0.15, -0.1) is 0 Å². The summed E-state index contributed by atoms with van der Waals surface area (Å²) in [6, 6.07) is 1.77. The summed E-state index contributed by atoms with van der Waals surface area (Å²) in [7, 11) is -4.64. The third-order valence-corrected chi connectivity index (χ3v) is 3.13. The van der Waals surface area contributed by atoms with Crippen molar-refractivity contribution in [3.63, 3.8) is 0 Å². The van der Waals surface area contributed by atoms with Crippen molar-refractivity contribution in [1.29, 1.82) is 0 Å². The molecule has 1 aliphatic heterocycles. The highest BCUT2D eigenvalue weighted by Gasteiger charge is 2.18. The molecule has 3 aromatic rings. The molecule has 4 rings (SSSR count). The quantitative estimate of drug-likeness (QED) is 0.470. The number of aromatic nitrogens is 4. The Morgan fingerprint density at radius 3 is 2.78 bits per heavy atom. The first-order valence-electron chi connectivity index (χ1n) is 6.55. The van der Waals surface area contributed by atoms with Crippen LogP contribution in [0, 0.1) is 0 Å². The van der Waals surface area contributed by atoms with E-state index < -0.39 is 7.82 Å². The molecule has 23 heavy (non-hydrogen) atoms. The Bertz CT molecular complexity index is 848. The van der Waals surface area contributed by atoms with Crippen LogP contribution in [0.25, 0.3) is 22.6 Å². The largest absolute Gasteiger partial charge is 0.466 e. The SMILES string of the molecule is O=P(O)(O)O.c1cc(-c2nc3c4c(ncc3[nH]2)CCOC4)no1. The summed E-state index contributed by atoms with van der Waals surface area (Å²) in [5.74, 6) is 0.694. The molecule has 0 saturated carbocycles. The van der Waals surface area contributed by atoms with E-state index in [1.54, 1.807) is 6.07 Å². The van der Waals surface area contributed by atoms with Crippen molar-refractivity contribution in [1.82, 2.24) is 20.1 Å².